The van der Waals surface area contributed by atoms with Crippen molar-refractivity contribution in [1.29, 1.82) is 0 Å². The van der Waals surface area contributed by atoms with Gasteiger partial charge in [0, 0.05) is 5.56 Å². The molecule has 0 aliphatic heterocycles. The molecule has 18 heavy (non-hydrogen) atoms. The first-order chi connectivity index (χ1) is 8.79. The van der Waals surface area contributed by atoms with E-state index in [9.17, 15) is 4.79 Å². The van der Waals surface area contributed by atoms with Crippen molar-refractivity contribution < 1.29 is 9.53 Å². The van der Waals surface area contributed by atoms with Gasteiger partial charge in [0.25, 0.3) is 0 Å². The van der Waals surface area contributed by atoms with E-state index < -0.39 is 0 Å². The molecule has 0 spiro atoms. The van der Waals surface area contributed by atoms with Crippen LogP contribution in [0.25, 0.3) is 10.8 Å². The number of rotatable bonds is 2. The SMILES string of the molecule is CCOC(=O)CC#Cc1ccc2ccccc2c1. The minimum Gasteiger partial charge on any atom is -0.465 e. The summed E-state index contributed by atoms with van der Waals surface area (Å²) in [4.78, 5) is 11.1. The number of ether oxygens (including phenoxy) is 1. The van der Waals surface area contributed by atoms with Gasteiger partial charge in [-0.1, -0.05) is 42.2 Å². The monoisotopic (exact) mass is 238 g/mol. The second kappa shape index (κ2) is 5.88. The van der Waals surface area contributed by atoms with Crippen LogP contribution in [-0.2, 0) is 9.53 Å². The molecule has 0 atom stereocenters. The molecule has 0 saturated carbocycles. The fourth-order valence-corrected chi connectivity index (χ4v) is 1.70. The van der Waals surface area contributed by atoms with Gasteiger partial charge in [-0.15, -0.1) is 0 Å². The van der Waals surface area contributed by atoms with Gasteiger partial charge >= 0.3 is 5.97 Å². The quantitative estimate of drug-likeness (QED) is 0.593. The summed E-state index contributed by atoms with van der Waals surface area (Å²) in [6.07, 6.45) is 0.140. The van der Waals surface area contributed by atoms with Crippen LogP contribution >= 0.6 is 0 Å². The van der Waals surface area contributed by atoms with E-state index in [1.165, 1.54) is 5.39 Å². The molecule has 2 aromatic carbocycles. The molecule has 0 aliphatic carbocycles. The van der Waals surface area contributed by atoms with E-state index in [2.05, 4.69) is 17.9 Å². The Morgan fingerprint density at radius 1 is 1.17 bits per heavy atom. The van der Waals surface area contributed by atoms with Gasteiger partial charge in [0.1, 0.15) is 6.42 Å². The highest BCUT2D eigenvalue weighted by atomic mass is 16.5. The van der Waals surface area contributed by atoms with Crippen LogP contribution in [0.2, 0.25) is 0 Å². The Bertz CT molecular complexity index is 618. The number of hydrogen-bond acceptors (Lipinski definition) is 2. The summed E-state index contributed by atoms with van der Waals surface area (Å²) in [7, 11) is 0. The molecule has 0 saturated heterocycles. The van der Waals surface area contributed by atoms with E-state index in [-0.39, 0.29) is 12.4 Å². The van der Waals surface area contributed by atoms with Crippen LogP contribution in [0.5, 0.6) is 0 Å². The molecule has 0 N–H and O–H groups in total. The summed E-state index contributed by atoms with van der Waals surface area (Å²) in [6, 6.07) is 14.1. The first-order valence-corrected chi connectivity index (χ1v) is 5.93. The molecule has 2 rings (SSSR count). The van der Waals surface area contributed by atoms with E-state index in [4.69, 9.17) is 4.74 Å². The van der Waals surface area contributed by atoms with Crippen LogP contribution in [0.15, 0.2) is 42.5 Å². The van der Waals surface area contributed by atoms with Gasteiger partial charge in [0.05, 0.1) is 6.61 Å². The number of carbonyl (C=O) groups is 1. The zero-order chi connectivity index (χ0) is 12.8. The molecule has 0 aliphatic rings. The van der Waals surface area contributed by atoms with Crippen molar-refractivity contribution in [3.63, 3.8) is 0 Å². The van der Waals surface area contributed by atoms with Gasteiger partial charge < -0.3 is 4.74 Å². The maximum absolute atomic E-state index is 11.1. The molecular weight excluding hydrogens is 224 g/mol. The Balaban J connectivity index is 2.12. The van der Waals surface area contributed by atoms with Crippen molar-refractivity contribution in [2.24, 2.45) is 0 Å². The fourth-order valence-electron chi connectivity index (χ4n) is 1.70. The molecule has 0 fully saturated rings. The highest BCUT2D eigenvalue weighted by molar-refractivity contribution is 5.83. The van der Waals surface area contributed by atoms with Crippen molar-refractivity contribution in [2.45, 2.75) is 13.3 Å². The number of carbonyl (C=O) groups excluding carboxylic acids is 1. The predicted octanol–water partition coefficient (Wildman–Crippen LogP) is 3.14. The van der Waals surface area contributed by atoms with E-state index >= 15 is 0 Å². The van der Waals surface area contributed by atoms with Gasteiger partial charge in [-0.05, 0) is 29.8 Å². The maximum Gasteiger partial charge on any atom is 0.317 e. The molecular formula is C16H14O2. The Morgan fingerprint density at radius 2 is 1.94 bits per heavy atom. The third kappa shape index (κ3) is 3.11. The van der Waals surface area contributed by atoms with Crippen LogP contribution in [0.1, 0.15) is 18.9 Å². The van der Waals surface area contributed by atoms with E-state index in [0.717, 1.165) is 10.9 Å². The summed E-state index contributed by atoms with van der Waals surface area (Å²) in [5.41, 5.74) is 0.915. The summed E-state index contributed by atoms with van der Waals surface area (Å²) >= 11 is 0. The first kappa shape index (κ1) is 12.2. The lowest BCUT2D eigenvalue weighted by molar-refractivity contribution is -0.141. The number of hydrogen-bond donors (Lipinski definition) is 0. The van der Waals surface area contributed by atoms with E-state index in [1.54, 1.807) is 6.92 Å². The number of benzene rings is 2. The first-order valence-electron chi connectivity index (χ1n) is 5.93. The summed E-state index contributed by atoms with van der Waals surface area (Å²) in [6.45, 7) is 2.19. The lowest BCUT2D eigenvalue weighted by Gasteiger charge is -1.97. The molecule has 0 aromatic heterocycles. The van der Waals surface area contributed by atoms with E-state index in [1.807, 2.05) is 36.4 Å². The lowest BCUT2D eigenvalue weighted by atomic mass is 10.1. The van der Waals surface area contributed by atoms with E-state index in [0.29, 0.717) is 6.61 Å². The Labute approximate surface area is 107 Å². The van der Waals surface area contributed by atoms with Crippen LogP contribution in [0.3, 0.4) is 0 Å². The molecule has 0 heterocycles. The summed E-state index contributed by atoms with van der Waals surface area (Å²) in [5.74, 6) is 5.53. The zero-order valence-corrected chi connectivity index (χ0v) is 10.3. The normalized spacial score (nSPS) is 9.61. The molecule has 2 heteroatoms. The molecule has 0 unspecified atom stereocenters. The molecule has 90 valence electrons. The van der Waals surface area contributed by atoms with Crippen LogP contribution < -0.4 is 0 Å². The topological polar surface area (TPSA) is 26.3 Å². The van der Waals surface area contributed by atoms with Crippen molar-refractivity contribution in [1.82, 2.24) is 0 Å². The second-order valence-electron chi connectivity index (χ2n) is 3.85. The zero-order valence-electron chi connectivity index (χ0n) is 10.3. The largest absolute Gasteiger partial charge is 0.465 e. The Hall–Kier alpha value is -2.27. The van der Waals surface area contributed by atoms with Crippen LogP contribution in [0.4, 0.5) is 0 Å². The molecule has 0 bridgehead atoms. The second-order valence-corrected chi connectivity index (χ2v) is 3.85. The predicted molar refractivity (Wildman–Crippen MR) is 72.1 cm³/mol. The molecule has 2 nitrogen and oxygen atoms in total. The smallest absolute Gasteiger partial charge is 0.317 e. The van der Waals surface area contributed by atoms with Gasteiger partial charge in [0.15, 0.2) is 0 Å². The van der Waals surface area contributed by atoms with Gasteiger partial charge in [-0.3, -0.25) is 4.79 Å². The number of fused-ring (bicyclic) bond motifs is 1. The van der Waals surface area contributed by atoms with Gasteiger partial charge in [0.2, 0.25) is 0 Å². The number of esters is 1. The minimum absolute atomic E-state index is 0.140. The molecule has 2 aromatic rings. The lowest BCUT2D eigenvalue weighted by Crippen LogP contribution is -2.01. The third-order valence-electron chi connectivity index (χ3n) is 2.52. The molecule has 0 amide bonds. The highest BCUT2D eigenvalue weighted by Crippen LogP contribution is 2.14. The van der Waals surface area contributed by atoms with Gasteiger partial charge in [-0.25, -0.2) is 0 Å². The average molecular weight is 238 g/mol. The van der Waals surface area contributed by atoms with Gasteiger partial charge in [-0.2, -0.15) is 0 Å². The molecule has 0 radical (unpaired) electrons. The minimum atomic E-state index is -0.272. The van der Waals surface area contributed by atoms with Crippen LogP contribution in [-0.4, -0.2) is 12.6 Å². The van der Waals surface area contributed by atoms with Crippen molar-refractivity contribution in [3.05, 3.63) is 48.0 Å². The summed E-state index contributed by atoms with van der Waals surface area (Å²) in [5, 5.41) is 2.34. The fraction of sp³-hybridized carbons (Fsp3) is 0.188. The Kier molecular flexibility index (Phi) is 3.98. The third-order valence-corrected chi connectivity index (χ3v) is 2.52. The maximum atomic E-state index is 11.1. The summed E-state index contributed by atoms with van der Waals surface area (Å²) < 4.78 is 4.81. The standard InChI is InChI=1S/C16H14O2/c1-2-18-16(17)9-5-6-13-10-11-14-7-3-4-8-15(14)12-13/h3-4,7-8,10-12H,2,9H2,1H3. The van der Waals surface area contributed by atoms with Crippen LogP contribution in [0, 0.1) is 11.8 Å². The van der Waals surface area contributed by atoms with Crippen molar-refractivity contribution in [2.75, 3.05) is 6.61 Å². The highest BCUT2D eigenvalue weighted by Gasteiger charge is 1.96. The Morgan fingerprint density at radius 3 is 2.72 bits per heavy atom. The van der Waals surface area contributed by atoms with Crippen molar-refractivity contribution >= 4 is 16.7 Å². The van der Waals surface area contributed by atoms with Crippen molar-refractivity contribution in [3.8, 4) is 11.8 Å². The average Bonchev–Trinajstić information content (AvgIpc) is 2.39.